The SMILES string of the molecule is CNC1CCC(C)(C)CC1N(C)CCC(F)(F)F. The Morgan fingerprint density at radius 2 is 1.94 bits per heavy atom. The summed E-state index contributed by atoms with van der Waals surface area (Å²) in [5, 5.41) is 3.25. The molecule has 1 rings (SSSR count). The monoisotopic (exact) mass is 266 g/mol. The van der Waals surface area contributed by atoms with Gasteiger partial charge in [-0.3, -0.25) is 0 Å². The number of nitrogens with one attached hydrogen (secondary N) is 1. The van der Waals surface area contributed by atoms with Crippen molar-refractivity contribution in [3.05, 3.63) is 0 Å². The zero-order valence-electron chi connectivity index (χ0n) is 11.8. The number of nitrogens with zero attached hydrogens (tertiary/aromatic N) is 1. The van der Waals surface area contributed by atoms with Gasteiger partial charge in [-0.05, 0) is 38.8 Å². The van der Waals surface area contributed by atoms with Gasteiger partial charge in [0.1, 0.15) is 0 Å². The second-order valence-electron chi connectivity index (χ2n) is 6.22. The third-order valence-corrected chi connectivity index (χ3v) is 4.04. The van der Waals surface area contributed by atoms with Crippen LogP contribution < -0.4 is 5.32 Å². The zero-order valence-corrected chi connectivity index (χ0v) is 11.8. The van der Waals surface area contributed by atoms with E-state index < -0.39 is 12.6 Å². The number of halogens is 3. The molecule has 0 spiro atoms. The molecule has 0 aromatic rings. The molecular weight excluding hydrogens is 241 g/mol. The lowest BCUT2D eigenvalue weighted by molar-refractivity contribution is -0.139. The highest BCUT2D eigenvalue weighted by atomic mass is 19.4. The first-order valence-corrected chi connectivity index (χ1v) is 6.59. The van der Waals surface area contributed by atoms with Crippen molar-refractivity contribution >= 4 is 0 Å². The van der Waals surface area contributed by atoms with Crippen LogP contribution in [0.2, 0.25) is 0 Å². The van der Waals surface area contributed by atoms with E-state index in [4.69, 9.17) is 0 Å². The lowest BCUT2D eigenvalue weighted by atomic mass is 9.72. The lowest BCUT2D eigenvalue weighted by Crippen LogP contribution is -2.53. The summed E-state index contributed by atoms with van der Waals surface area (Å²) in [6, 6.07) is 0.498. The molecule has 5 heteroatoms. The first-order valence-electron chi connectivity index (χ1n) is 6.59. The van der Waals surface area contributed by atoms with Crippen LogP contribution in [0.4, 0.5) is 13.2 Å². The molecule has 1 saturated carbocycles. The van der Waals surface area contributed by atoms with E-state index >= 15 is 0 Å². The molecule has 1 N–H and O–H groups in total. The number of alkyl halides is 3. The van der Waals surface area contributed by atoms with Crippen LogP contribution in [0.15, 0.2) is 0 Å². The largest absolute Gasteiger partial charge is 0.390 e. The molecule has 2 atom stereocenters. The second-order valence-corrected chi connectivity index (χ2v) is 6.22. The Labute approximate surface area is 108 Å². The lowest BCUT2D eigenvalue weighted by Gasteiger charge is -2.45. The van der Waals surface area contributed by atoms with Crippen LogP contribution in [0, 0.1) is 5.41 Å². The number of rotatable bonds is 4. The smallest absolute Gasteiger partial charge is 0.315 e. The van der Waals surface area contributed by atoms with Crippen molar-refractivity contribution < 1.29 is 13.2 Å². The standard InChI is InChI=1S/C13H25F3N2/c1-12(2)6-5-10(17-3)11(9-12)18(4)8-7-13(14,15)16/h10-11,17H,5-9H2,1-4H3. The predicted octanol–water partition coefficient (Wildman–Crippen LogP) is 3.04. The fourth-order valence-electron chi connectivity index (χ4n) is 2.82. The Hall–Kier alpha value is -0.290. The second kappa shape index (κ2) is 5.78. The Morgan fingerprint density at radius 3 is 2.44 bits per heavy atom. The molecule has 0 amide bonds. The van der Waals surface area contributed by atoms with E-state index in [2.05, 4.69) is 19.2 Å². The van der Waals surface area contributed by atoms with Gasteiger partial charge in [0.15, 0.2) is 0 Å². The van der Waals surface area contributed by atoms with Gasteiger partial charge in [0, 0.05) is 18.6 Å². The van der Waals surface area contributed by atoms with Crippen LogP contribution in [-0.4, -0.2) is 43.8 Å². The Kier molecular flexibility index (Phi) is 5.06. The van der Waals surface area contributed by atoms with Gasteiger partial charge >= 0.3 is 6.18 Å². The van der Waals surface area contributed by atoms with Crippen molar-refractivity contribution in [1.29, 1.82) is 0 Å². The highest BCUT2D eigenvalue weighted by Gasteiger charge is 2.37. The first kappa shape index (κ1) is 15.8. The molecule has 2 unspecified atom stereocenters. The minimum absolute atomic E-state index is 0.0857. The summed E-state index contributed by atoms with van der Waals surface area (Å²) in [5.41, 5.74) is 0.227. The van der Waals surface area contributed by atoms with Gasteiger partial charge in [-0.15, -0.1) is 0 Å². The molecule has 108 valence electrons. The molecule has 0 saturated heterocycles. The van der Waals surface area contributed by atoms with E-state index in [9.17, 15) is 13.2 Å². The van der Waals surface area contributed by atoms with Gasteiger partial charge in [0.2, 0.25) is 0 Å². The summed E-state index contributed by atoms with van der Waals surface area (Å²) in [6.07, 6.45) is -1.68. The summed E-state index contributed by atoms with van der Waals surface area (Å²) < 4.78 is 36.8. The molecule has 0 aromatic heterocycles. The highest BCUT2D eigenvalue weighted by Crippen LogP contribution is 2.37. The van der Waals surface area contributed by atoms with Crippen molar-refractivity contribution in [2.75, 3.05) is 20.6 Å². The molecule has 0 radical (unpaired) electrons. The van der Waals surface area contributed by atoms with Gasteiger partial charge in [-0.1, -0.05) is 13.8 Å². The number of likely N-dealkylation sites (N-methyl/N-ethyl adjacent to an activating group) is 2. The fourth-order valence-corrected chi connectivity index (χ4v) is 2.82. The van der Waals surface area contributed by atoms with Gasteiger partial charge in [-0.25, -0.2) is 0 Å². The number of hydrogen-bond acceptors (Lipinski definition) is 2. The van der Waals surface area contributed by atoms with Crippen LogP contribution in [0.3, 0.4) is 0 Å². The quantitative estimate of drug-likeness (QED) is 0.841. The van der Waals surface area contributed by atoms with E-state index in [1.54, 1.807) is 0 Å². The van der Waals surface area contributed by atoms with E-state index in [0.717, 1.165) is 19.3 Å². The van der Waals surface area contributed by atoms with E-state index in [0.29, 0.717) is 6.04 Å². The highest BCUT2D eigenvalue weighted by molar-refractivity contribution is 4.93. The van der Waals surface area contributed by atoms with Crippen LogP contribution >= 0.6 is 0 Å². The van der Waals surface area contributed by atoms with Crippen molar-refractivity contribution in [2.24, 2.45) is 5.41 Å². The minimum Gasteiger partial charge on any atom is -0.315 e. The average molecular weight is 266 g/mol. The first-order chi connectivity index (χ1) is 8.14. The molecule has 18 heavy (non-hydrogen) atoms. The third-order valence-electron chi connectivity index (χ3n) is 4.04. The predicted molar refractivity (Wildman–Crippen MR) is 67.6 cm³/mol. The molecule has 1 aliphatic carbocycles. The molecule has 0 bridgehead atoms. The minimum atomic E-state index is -4.06. The zero-order chi connectivity index (χ0) is 14.0. The van der Waals surface area contributed by atoms with Crippen molar-refractivity contribution in [3.63, 3.8) is 0 Å². The van der Waals surface area contributed by atoms with E-state index in [1.165, 1.54) is 0 Å². The molecule has 1 fully saturated rings. The Balaban J connectivity index is 2.59. The van der Waals surface area contributed by atoms with Gasteiger partial charge in [-0.2, -0.15) is 13.2 Å². The maximum atomic E-state index is 12.3. The summed E-state index contributed by atoms with van der Waals surface area (Å²) >= 11 is 0. The summed E-state index contributed by atoms with van der Waals surface area (Å²) in [5.74, 6) is 0. The van der Waals surface area contributed by atoms with Crippen molar-refractivity contribution in [3.8, 4) is 0 Å². The molecule has 1 aliphatic rings. The maximum Gasteiger partial charge on any atom is 0.390 e. The van der Waals surface area contributed by atoms with Crippen LogP contribution in [0.1, 0.15) is 39.5 Å². The molecule has 0 heterocycles. The average Bonchev–Trinajstić information content (AvgIpc) is 2.24. The van der Waals surface area contributed by atoms with Crippen molar-refractivity contribution in [1.82, 2.24) is 10.2 Å². The topological polar surface area (TPSA) is 15.3 Å². The summed E-state index contributed by atoms with van der Waals surface area (Å²) in [6.45, 7) is 4.48. The molecule has 2 nitrogen and oxygen atoms in total. The third kappa shape index (κ3) is 4.76. The van der Waals surface area contributed by atoms with Gasteiger partial charge < -0.3 is 10.2 Å². The summed E-state index contributed by atoms with van der Waals surface area (Å²) in [4.78, 5) is 1.87. The molecule has 0 aliphatic heterocycles. The van der Waals surface area contributed by atoms with Gasteiger partial charge in [0.05, 0.1) is 6.42 Å². The normalized spacial score (nSPS) is 28.7. The Bertz CT molecular complexity index is 263. The van der Waals surface area contributed by atoms with Crippen LogP contribution in [0.25, 0.3) is 0 Å². The van der Waals surface area contributed by atoms with Gasteiger partial charge in [0.25, 0.3) is 0 Å². The van der Waals surface area contributed by atoms with Crippen molar-refractivity contribution in [2.45, 2.75) is 57.8 Å². The molecular formula is C13H25F3N2. The Morgan fingerprint density at radius 1 is 1.33 bits per heavy atom. The van der Waals surface area contributed by atoms with E-state index in [-0.39, 0.29) is 18.0 Å². The maximum absolute atomic E-state index is 12.3. The summed E-state index contributed by atoms with van der Waals surface area (Å²) in [7, 11) is 3.70. The fraction of sp³-hybridized carbons (Fsp3) is 1.00. The van der Waals surface area contributed by atoms with E-state index in [1.807, 2.05) is 19.0 Å². The molecule has 0 aromatic carbocycles. The van der Waals surface area contributed by atoms with Crippen LogP contribution in [-0.2, 0) is 0 Å². The van der Waals surface area contributed by atoms with Crippen LogP contribution in [0.5, 0.6) is 0 Å². The number of hydrogen-bond donors (Lipinski definition) is 1.